The Morgan fingerprint density at radius 1 is 1.42 bits per heavy atom. The Bertz CT molecular complexity index is 845. The number of pyridine rings is 1. The van der Waals surface area contributed by atoms with Gasteiger partial charge in [0, 0.05) is 55.6 Å². The highest BCUT2D eigenvalue weighted by molar-refractivity contribution is 6.02. The van der Waals surface area contributed by atoms with Crippen LogP contribution >= 0.6 is 0 Å². The average Bonchev–Trinajstić information content (AvgIpc) is 3.07. The maximum Gasteiger partial charge on any atom is 0.248 e. The van der Waals surface area contributed by atoms with Crippen molar-refractivity contribution in [1.29, 1.82) is 0 Å². The van der Waals surface area contributed by atoms with Crippen LogP contribution in [0, 0.1) is 0 Å². The Morgan fingerprint density at radius 3 is 3.08 bits per heavy atom. The van der Waals surface area contributed by atoms with E-state index in [9.17, 15) is 4.79 Å². The van der Waals surface area contributed by atoms with Gasteiger partial charge in [-0.15, -0.1) is 0 Å². The van der Waals surface area contributed by atoms with E-state index in [0.29, 0.717) is 12.3 Å². The topological polar surface area (TPSA) is 66.5 Å². The predicted octanol–water partition coefficient (Wildman–Crippen LogP) is 2.92. The van der Waals surface area contributed by atoms with E-state index in [1.54, 1.807) is 24.5 Å². The summed E-state index contributed by atoms with van der Waals surface area (Å²) in [5.41, 5.74) is 7.01. The molecule has 2 heterocycles. The van der Waals surface area contributed by atoms with Crippen LogP contribution < -0.4 is 15.5 Å². The van der Waals surface area contributed by atoms with E-state index < -0.39 is 0 Å². The molecule has 26 heavy (non-hydrogen) atoms. The summed E-state index contributed by atoms with van der Waals surface area (Å²) < 4.78 is 5.45. The average molecular weight is 350 g/mol. The number of rotatable bonds is 6. The van der Waals surface area contributed by atoms with Crippen LogP contribution in [0.4, 0.5) is 5.69 Å². The molecule has 2 N–H and O–H groups in total. The first kappa shape index (κ1) is 17.7. The summed E-state index contributed by atoms with van der Waals surface area (Å²) in [5.74, 6) is 0.526. The molecular weight excluding hydrogens is 328 g/mol. The molecule has 1 aliphatic heterocycles. The van der Waals surface area contributed by atoms with Crippen LogP contribution in [0.1, 0.15) is 18.1 Å². The first-order valence-electron chi connectivity index (χ1n) is 8.49. The lowest BCUT2D eigenvalue weighted by Gasteiger charge is -2.07. The second kappa shape index (κ2) is 8.31. The van der Waals surface area contributed by atoms with E-state index in [0.717, 1.165) is 29.0 Å². The highest BCUT2D eigenvalue weighted by Crippen LogP contribution is 2.22. The lowest BCUT2D eigenvalue weighted by molar-refractivity contribution is -0.111. The van der Waals surface area contributed by atoms with Crippen molar-refractivity contribution in [2.24, 2.45) is 0 Å². The number of carbonyl (C=O) groups is 1. The van der Waals surface area contributed by atoms with Crippen LogP contribution in [0.2, 0.25) is 0 Å². The largest absolute Gasteiger partial charge is 0.494 e. The van der Waals surface area contributed by atoms with Crippen LogP contribution in [-0.4, -0.2) is 36.1 Å². The van der Waals surface area contributed by atoms with Crippen molar-refractivity contribution in [2.75, 3.05) is 25.5 Å². The second-order valence-electron chi connectivity index (χ2n) is 5.85. The zero-order valence-electron chi connectivity index (χ0n) is 14.9. The summed E-state index contributed by atoms with van der Waals surface area (Å²) in [6, 6.07) is 9.29. The molecule has 0 bridgehead atoms. The Labute approximate surface area is 153 Å². The SMILES string of the molecule is CCOc1cccc(NC(=O)/C=C/c2cnccc2C2=CN(C)NC2)c1. The van der Waals surface area contributed by atoms with Gasteiger partial charge in [0.2, 0.25) is 5.91 Å². The molecule has 1 aliphatic rings. The standard InChI is InChI=1S/C20H22N4O2/c1-3-26-18-6-4-5-17(11-18)23-20(25)8-7-15-12-21-10-9-19(15)16-13-22-24(2)14-16/h4-12,14,22H,3,13H2,1-2H3,(H,23,25)/b8-7+. The number of anilines is 1. The molecule has 6 nitrogen and oxygen atoms in total. The van der Waals surface area contributed by atoms with Gasteiger partial charge in [0.1, 0.15) is 5.75 Å². The zero-order chi connectivity index (χ0) is 18.4. The Hall–Kier alpha value is -3.12. The van der Waals surface area contributed by atoms with Crippen molar-refractivity contribution in [3.8, 4) is 5.75 Å². The number of hydrogen-bond donors (Lipinski definition) is 2. The van der Waals surface area contributed by atoms with Gasteiger partial charge in [-0.25, -0.2) is 5.43 Å². The lowest BCUT2D eigenvalue weighted by atomic mass is 10.0. The normalized spacial score (nSPS) is 13.8. The number of amides is 1. The van der Waals surface area contributed by atoms with Crippen LogP contribution in [-0.2, 0) is 4.79 Å². The van der Waals surface area contributed by atoms with E-state index in [2.05, 4.69) is 15.7 Å². The summed E-state index contributed by atoms with van der Waals surface area (Å²) in [7, 11) is 1.95. The van der Waals surface area contributed by atoms with Crippen LogP contribution in [0.25, 0.3) is 11.6 Å². The summed E-state index contributed by atoms with van der Waals surface area (Å²) in [6.07, 6.45) is 8.84. The second-order valence-corrected chi connectivity index (χ2v) is 5.85. The van der Waals surface area contributed by atoms with E-state index in [1.807, 2.05) is 49.4 Å². The molecule has 1 aromatic carbocycles. The minimum atomic E-state index is -0.205. The number of carbonyl (C=O) groups excluding carboxylic acids is 1. The van der Waals surface area contributed by atoms with Crippen molar-refractivity contribution < 1.29 is 9.53 Å². The third-order valence-electron chi connectivity index (χ3n) is 3.89. The molecular formula is C20H22N4O2. The van der Waals surface area contributed by atoms with Crippen molar-refractivity contribution in [1.82, 2.24) is 15.4 Å². The molecule has 3 rings (SSSR count). The Balaban J connectivity index is 1.71. The molecule has 0 saturated heterocycles. The number of ether oxygens (including phenoxy) is 1. The van der Waals surface area contributed by atoms with Gasteiger partial charge in [0.25, 0.3) is 0 Å². The van der Waals surface area contributed by atoms with Crippen molar-refractivity contribution in [3.63, 3.8) is 0 Å². The maximum absolute atomic E-state index is 12.2. The quantitative estimate of drug-likeness (QED) is 0.784. The van der Waals surface area contributed by atoms with Gasteiger partial charge in [-0.05, 0) is 42.3 Å². The highest BCUT2D eigenvalue weighted by atomic mass is 16.5. The van der Waals surface area contributed by atoms with Gasteiger partial charge in [-0.2, -0.15) is 0 Å². The minimum Gasteiger partial charge on any atom is -0.494 e. The summed E-state index contributed by atoms with van der Waals surface area (Å²) >= 11 is 0. The molecule has 0 aliphatic carbocycles. The molecule has 134 valence electrons. The Kier molecular flexibility index (Phi) is 5.66. The highest BCUT2D eigenvalue weighted by Gasteiger charge is 2.12. The first-order valence-corrected chi connectivity index (χ1v) is 8.49. The number of nitrogens with zero attached hydrogens (tertiary/aromatic N) is 2. The molecule has 0 saturated carbocycles. The number of hydrogen-bond acceptors (Lipinski definition) is 5. The van der Waals surface area contributed by atoms with E-state index in [-0.39, 0.29) is 5.91 Å². The summed E-state index contributed by atoms with van der Waals surface area (Å²) in [4.78, 5) is 16.4. The molecule has 0 spiro atoms. The smallest absolute Gasteiger partial charge is 0.248 e. The summed E-state index contributed by atoms with van der Waals surface area (Å²) in [5, 5.41) is 4.76. The number of hydrazine groups is 1. The van der Waals surface area contributed by atoms with Gasteiger partial charge in [-0.1, -0.05) is 6.07 Å². The zero-order valence-corrected chi connectivity index (χ0v) is 14.9. The predicted molar refractivity (Wildman–Crippen MR) is 103 cm³/mol. The molecule has 0 radical (unpaired) electrons. The van der Waals surface area contributed by atoms with E-state index in [4.69, 9.17) is 4.74 Å². The van der Waals surface area contributed by atoms with Crippen molar-refractivity contribution in [2.45, 2.75) is 6.92 Å². The molecule has 2 aromatic rings. The van der Waals surface area contributed by atoms with Gasteiger partial charge < -0.3 is 15.1 Å². The molecule has 1 amide bonds. The van der Waals surface area contributed by atoms with Gasteiger partial charge in [0.05, 0.1) is 6.61 Å². The maximum atomic E-state index is 12.2. The van der Waals surface area contributed by atoms with Gasteiger partial charge in [0.15, 0.2) is 0 Å². The fourth-order valence-electron chi connectivity index (χ4n) is 2.71. The third kappa shape index (κ3) is 4.49. The Morgan fingerprint density at radius 2 is 2.31 bits per heavy atom. The fraction of sp³-hybridized carbons (Fsp3) is 0.200. The summed E-state index contributed by atoms with van der Waals surface area (Å²) in [6.45, 7) is 3.26. The number of benzene rings is 1. The first-order chi connectivity index (χ1) is 12.7. The monoisotopic (exact) mass is 350 g/mol. The number of aromatic nitrogens is 1. The minimum absolute atomic E-state index is 0.205. The fourth-order valence-corrected chi connectivity index (χ4v) is 2.71. The van der Waals surface area contributed by atoms with Crippen LogP contribution in [0.15, 0.2) is 55.0 Å². The van der Waals surface area contributed by atoms with Crippen molar-refractivity contribution >= 4 is 23.2 Å². The molecule has 1 aromatic heterocycles. The molecule has 0 unspecified atom stereocenters. The van der Waals surface area contributed by atoms with Crippen LogP contribution in [0.5, 0.6) is 5.75 Å². The van der Waals surface area contributed by atoms with E-state index >= 15 is 0 Å². The van der Waals surface area contributed by atoms with Gasteiger partial charge in [-0.3, -0.25) is 9.78 Å². The lowest BCUT2D eigenvalue weighted by Crippen LogP contribution is -2.23. The molecule has 0 atom stereocenters. The van der Waals surface area contributed by atoms with Gasteiger partial charge >= 0.3 is 0 Å². The van der Waals surface area contributed by atoms with E-state index in [1.165, 1.54) is 6.08 Å². The number of nitrogens with one attached hydrogen (secondary N) is 2. The third-order valence-corrected chi connectivity index (χ3v) is 3.89. The molecule has 0 fully saturated rings. The van der Waals surface area contributed by atoms with Crippen molar-refractivity contribution in [3.05, 3.63) is 66.1 Å². The van der Waals surface area contributed by atoms with Crippen LogP contribution in [0.3, 0.4) is 0 Å². The molecule has 6 heteroatoms.